The summed E-state index contributed by atoms with van der Waals surface area (Å²) in [7, 11) is 0. The molecule has 0 saturated heterocycles. The number of ether oxygens (including phenoxy) is 2. The minimum absolute atomic E-state index is 0.354. The average molecular weight is 331 g/mol. The van der Waals surface area contributed by atoms with Gasteiger partial charge in [-0.3, -0.25) is 4.79 Å². The molecular weight excluding hydrogens is 316 g/mol. The molecule has 23 heavy (non-hydrogen) atoms. The minimum Gasteiger partial charge on any atom is -0.486 e. The van der Waals surface area contributed by atoms with Crippen molar-refractivity contribution in [1.29, 1.82) is 0 Å². The van der Waals surface area contributed by atoms with Gasteiger partial charge in [0.15, 0.2) is 11.5 Å². The van der Waals surface area contributed by atoms with E-state index >= 15 is 0 Å². The summed E-state index contributed by atoms with van der Waals surface area (Å²) < 4.78 is 11.0. The first-order valence-corrected chi connectivity index (χ1v) is 7.52. The first kappa shape index (κ1) is 15.4. The summed E-state index contributed by atoms with van der Waals surface area (Å²) >= 11 is 5.99. The largest absolute Gasteiger partial charge is 0.486 e. The van der Waals surface area contributed by atoms with Crippen molar-refractivity contribution in [3.05, 3.63) is 58.6 Å². The summed E-state index contributed by atoms with van der Waals surface area (Å²) in [5, 5.41) is 4.51. The SMILES string of the molecule is CC(=NNC(=O)c1ccccc1Cl)c1ccc2c(c1)OCCO2. The van der Waals surface area contributed by atoms with Crippen LogP contribution in [0.1, 0.15) is 22.8 Å². The molecule has 6 heteroatoms. The molecule has 1 amide bonds. The van der Waals surface area contributed by atoms with Crippen LogP contribution < -0.4 is 14.9 Å². The smallest absolute Gasteiger partial charge is 0.272 e. The molecular formula is C17H15ClN2O3. The molecule has 1 heterocycles. The van der Waals surface area contributed by atoms with Gasteiger partial charge in [-0.25, -0.2) is 5.43 Å². The number of fused-ring (bicyclic) bond motifs is 1. The molecule has 0 atom stereocenters. The van der Waals surface area contributed by atoms with Crippen LogP contribution in [0, 0.1) is 0 Å². The van der Waals surface area contributed by atoms with Gasteiger partial charge in [0.25, 0.3) is 5.91 Å². The van der Waals surface area contributed by atoms with Crippen LogP contribution in [0.3, 0.4) is 0 Å². The van der Waals surface area contributed by atoms with Crippen LogP contribution in [0.25, 0.3) is 0 Å². The second-order valence-corrected chi connectivity index (χ2v) is 5.38. The van der Waals surface area contributed by atoms with Crippen molar-refractivity contribution in [2.45, 2.75) is 6.92 Å². The zero-order valence-corrected chi connectivity index (χ0v) is 13.3. The van der Waals surface area contributed by atoms with Crippen LogP contribution in [0.5, 0.6) is 11.5 Å². The lowest BCUT2D eigenvalue weighted by Gasteiger charge is -2.18. The van der Waals surface area contributed by atoms with E-state index in [-0.39, 0.29) is 5.91 Å². The maximum absolute atomic E-state index is 12.1. The summed E-state index contributed by atoms with van der Waals surface area (Å²) in [5.74, 6) is 1.04. The molecule has 0 unspecified atom stereocenters. The number of rotatable bonds is 3. The molecule has 0 radical (unpaired) electrons. The van der Waals surface area contributed by atoms with Crippen molar-refractivity contribution < 1.29 is 14.3 Å². The highest BCUT2D eigenvalue weighted by Gasteiger charge is 2.13. The van der Waals surface area contributed by atoms with Gasteiger partial charge in [-0.15, -0.1) is 0 Å². The van der Waals surface area contributed by atoms with Gasteiger partial charge in [-0.2, -0.15) is 5.10 Å². The molecule has 0 aliphatic carbocycles. The molecule has 0 spiro atoms. The maximum Gasteiger partial charge on any atom is 0.272 e. The predicted molar refractivity (Wildman–Crippen MR) is 88.6 cm³/mol. The Balaban J connectivity index is 1.75. The van der Waals surface area contributed by atoms with E-state index in [4.69, 9.17) is 21.1 Å². The topological polar surface area (TPSA) is 59.9 Å². The molecule has 118 valence electrons. The standard InChI is InChI=1S/C17H15ClN2O3/c1-11(12-6-7-15-16(10-12)23-9-8-22-15)19-20-17(21)13-4-2-3-5-14(13)18/h2-7,10H,8-9H2,1H3,(H,20,21). The molecule has 0 saturated carbocycles. The normalized spacial score (nSPS) is 13.6. The number of benzene rings is 2. The molecule has 0 aromatic heterocycles. The van der Waals surface area contributed by atoms with E-state index in [2.05, 4.69) is 10.5 Å². The number of carbonyl (C=O) groups excluding carboxylic acids is 1. The summed E-state index contributed by atoms with van der Waals surface area (Å²) in [6, 6.07) is 12.4. The van der Waals surface area contributed by atoms with E-state index in [1.807, 2.05) is 18.2 Å². The summed E-state index contributed by atoms with van der Waals surface area (Å²) in [4.78, 5) is 12.1. The summed E-state index contributed by atoms with van der Waals surface area (Å²) in [6.45, 7) is 2.88. The molecule has 0 fully saturated rings. The van der Waals surface area contributed by atoms with Crippen molar-refractivity contribution in [2.24, 2.45) is 5.10 Å². The van der Waals surface area contributed by atoms with Crippen molar-refractivity contribution in [3.8, 4) is 11.5 Å². The lowest BCUT2D eigenvalue weighted by Crippen LogP contribution is -2.20. The van der Waals surface area contributed by atoms with E-state index in [1.165, 1.54) is 0 Å². The van der Waals surface area contributed by atoms with Gasteiger partial charge in [0.05, 0.1) is 16.3 Å². The fourth-order valence-corrected chi connectivity index (χ4v) is 2.39. The number of nitrogens with zero attached hydrogens (tertiary/aromatic N) is 1. The average Bonchev–Trinajstić information content (AvgIpc) is 2.59. The van der Waals surface area contributed by atoms with E-state index in [9.17, 15) is 4.79 Å². The van der Waals surface area contributed by atoms with Gasteiger partial charge in [0.1, 0.15) is 13.2 Å². The molecule has 2 aromatic carbocycles. The third kappa shape index (κ3) is 3.46. The van der Waals surface area contributed by atoms with Crippen molar-refractivity contribution in [3.63, 3.8) is 0 Å². The number of hydrogen-bond donors (Lipinski definition) is 1. The third-order valence-corrected chi connectivity index (χ3v) is 3.73. The van der Waals surface area contributed by atoms with E-state index in [1.54, 1.807) is 31.2 Å². The second-order valence-electron chi connectivity index (χ2n) is 4.98. The Morgan fingerprint density at radius 1 is 1.13 bits per heavy atom. The molecule has 1 N–H and O–H groups in total. The number of hydrogen-bond acceptors (Lipinski definition) is 4. The van der Waals surface area contributed by atoms with Gasteiger partial charge in [0.2, 0.25) is 0 Å². The van der Waals surface area contributed by atoms with E-state index < -0.39 is 0 Å². The van der Waals surface area contributed by atoms with Gasteiger partial charge >= 0.3 is 0 Å². The van der Waals surface area contributed by atoms with E-state index in [0.717, 1.165) is 5.56 Å². The van der Waals surface area contributed by atoms with Gasteiger partial charge in [-0.1, -0.05) is 23.7 Å². The van der Waals surface area contributed by atoms with Crippen LogP contribution >= 0.6 is 11.6 Å². The monoisotopic (exact) mass is 330 g/mol. The van der Waals surface area contributed by atoms with Crippen molar-refractivity contribution >= 4 is 23.2 Å². The molecule has 1 aliphatic rings. The second kappa shape index (κ2) is 6.71. The first-order valence-electron chi connectivity index (χ1n) is 7.14. The fraction of sp³-hybridized carbons (Fsp3) is 0.176. The number of hydrazone groups is 1. The van der Waals surface area contributed by atoms with Crippen LogP contribution in [0.4, 0.5) is 0 Å². The Morgan fingerprint density at radius 3 is 2.65 bits per heavy atom. The van der Waals surface area contributed by atoms with E-state index in [0.29, 0.717) is 41.0 Å². The molecule has 5 nitrogen and oxygen atoms in total. The Labute approximate surface area is 138 Å². The van der Waals surface area contributed by atoms with Crippen molar-refractivity contribution in [2.75, 3.05) is 13.2 Å². The minimum atomic E-state index is -0.354. The highest BCUT2D eigenvalue weighted by atomic mass is 35.5. The maximum atomic E-state index is 12.1. The van der Waals surface area contributed by atoms with Gasteiger partial charge in [0, 0.05) is 5.56 Å². The van der Waals surface area contributed by atoms with Crippen LogP contribution in [-0.2, 0) is 0 Å². The first-order chi connectivity index (χ1) is 11.1. The quantitative estimate of drug-likeness (QED) is 0.694. The van der Waals surface area contributed by atoms with Crippen molar-refractivity contribution in [1.82, 2.24) is 5.43 Å². The van der Waals surface area contributed by atoms with Gasteiger partial charge < -0.3 is 9.47 Å². The number of nitrogens with one attached hydrogen (secondary N) is 1. The predicted octanol–water partition coefficient (Wildman–Crippen LogP) is 3.27. The highest BCUT2D eigenvalue weighted by molar-refractivity contribution is 6.33. The van der Waals surface area contributed by atoms with Crippen LogP contribution in [0.15, 0.2) is 47.6 Å². The molecule has 1 aliphatic heterocycles. The van der Waals surface area contributed by atoms with Gasteiger partial charge in [-0.05, 0) is 37.3 Å². The third-order valence-electron chi connectivity index (χ3n) is 3.40. The van der Waals surface area contributed by atoms with Crippen LogP contribution in [-0.4, -0.2) is 24.8 Å². The van der Waals surface area contributed by atoms with Crippen LogP contribution in [0.2, 0.25) is 5.02 Å². The lowest BCUT2D eigenvalue weighted by atomic mass is 10.1. The molecule has 0 bridgehead atoms. The zero-order chi connectivity index (χ0) is 16.2. The summed E-state index contributed by atoms with van der Waals surface area (Å²) in [6.07, 6.45) is 0. The summed E-state index contributed by atoms with van der Waals surface area (Å²) in [5.41, 5.74) is 4.39. The lowest BCUT2D eigenvalue weighted by molar-refractivity contribution is 0.0955. The zero-order valence-electron chi connectivity index (χ0n) is 12.5. The Bertz CT molecular complexity index is 774. The Hall–Kier alpha value is -2.53. The number of amides is 1. The highest BCUT2D eigenvalue weighted by Crippen LogP contribution is 2.30. The number of carbonyl (C=O) groups is 1. The Kier molecular flexibility index (Phi) is 4.48. The fourth-order valence-electron chi connectivity index (χ4n) is 2.17. The molecule has 2 aromatic rings. The number of halogens is 1. The molecule has 3 rings (SSSR count). The Morgan fingerprint density at radius 2 is 1.87 bits per heavy atom.